The second-order valence-corrected chi connectivity index (χ2v) is 16.4. The Balaban J connectivity index is 1.57. The summed E-state index contributed by atoms with van der Waals surface area (Å²) >= 11 is 1.33. The van der Waals surface area contributed by atoms with Crippen molar-refractivity contribution in [2.24, 2.45) is 17.8 Å². The van der Waals surface area contributed by atoms with E-state index in [9.17, 15) is 24.3 Å². The Morgan fingerprint density at radius 3 is 2.22 bits per heavy atom. The number of piperidine rings is 1. The third-order valence-corrected chi connectivity index (χ3v) is 11.9. The largest absolute Gasteiger partial charge is 0.481 e. The van der Waals surface area contributed by atoms with Gasteiger partial charge in [-0.3, -0.25) is 24.1 Å². The number of carboxylic acid groups (broad SMARTS) is 1. The van der Waals surface area contributed by atoms with Crippen LogP contribution >= 0.6 is 11.3 Å². The van der Waals surface area contributed by atoms with Crippen LogP contribution in [0.25, 0.3) is 0 Å². The van der Waals surface area contributed by atoms with Gasteiger partial charge in [0.2, 0.25) is 11.8 Å². The summed E-state index contributed by atoms with van der Waals surface area (Å²) in [5.74, 6) is -2.23. The van der Waals surface area contributed by atoms with Gasteiger partial charge in [-0.25, -0.2) is 4.98 Å². The number of likely N-dealkylation sites (tertiary alicyclic amines) is 1. The lowest BCUT2D eigenvalue weighted by Gasteiger charge is -2.38. The summed E-state index contributed by atoms with van der Waals surface area (Å²) in [6.45, 7) is 11.0. The van der Waals surface area contributed by atoms with Crippen molar-refractivity contribution in [2.45, 2.75) is 116 Å². The first-order chi connectivity index (χ1) is 26.3. The Morgan fingerprint density at radius 1 is 0.964 bits per heavy atom. The molecule has 2 heterocycles. The summed E-state index contributed by atoms with van der Waals surface area (Å²) in [6, 6.07) is 17.9. The molecule has 12 heteroatoms. The number of thiazole rings is 1. The number of hydrogen-bond acceptors (Lipinski definition) is 8. The SMILES string of the molecule is CC[C@H](C)[C@H](NC(=O)C1CCCCN1C)C(=O)N(C)[C@H](C[C@@H](OCc1ccccc1)c1nc(C(=O)NC(Cc2ccccc2)CC(C)C(=O)O)cs1)C(C)C. The molecule has 3 amide bonds. The minimum Gasteiger partial charge on any atom is -0.481 e. The predicted molar refractivity (Wildman–Crippen MR) is 217 cm³/mol. The third-order valence-electron chi connectivity index (χ3n) is 11.0. The van der Waals surface area contributed by atoms with Gasteiger partial charge in [-0.1, -0.05) is 108 Å². The monoisotopic (exact) mass is 775 g/mol. The number of hydrogen-bond donors (Lipinski definition) is 3. The first-order valence-electron chi connectivity index (χ1n) is 19.7. The van der Waals surface area contributed by atoms with Crippen molar-refractivity contribution in [1.82, 2.24) is 25.4 Å². The predicted octanol–water partition coefficient (Wildman–Crippen LogP) is 6.74. The highest BCUT2D eigenvalue weighted by atomic mass is 32.1. The zero-order valence-electron chi connectivity index (χ0n) is 33.6. The fourth-order valence-electron chi connectivity index (χ4n) is 7.25. The van der Waals surface area contributed by atoms with Crippen LogP contribution < -0.4 is 10.6 Å². The minimum absolute atomic E-state index is 0.0345. The van der Waals surface area contributed by atoms with Crippen LogP contribution in [-0.4, -0.2) is 88.4 Å². The Bertz CT molecular complexity index is 1670. The molecular weight excluding hydrogens is 715 g/mol. The van der Waals surface area contributed by atoms with E-state index in [4.69, 9.17) is 9.72 Å². The van der Waals surface area contributed by atoms with E-state index in [-0.39, 0.29) is 53.8 Å². The van der Waals surface area contributed by atoms with Gasteiger partial charge in [0, 0.05) is 30.9 Å². The topological polar surface area (TPSA) is 141 Å². The summed E-state index contributed by atoms with van der Waals surface area (Å²) in [7, 11) is 3.78. The number of nitrogens with zero attached hydrogens (tertiary/aromatic N) is 3. The van der Waals surface area contributed by atoms with Crippen LogP contribution in [0.1, 0.15) is 106 Å². The zero-order valence-corrected chi connectivity index (χ0v) is 34.4. The first kappa shape index (κ1) is 43.6. The molecule has 55 heavy (non-hydrogen) atoms. The molecule has 1 aromatic heterocycles. The van der Waals surface area contributed by atoms with Crippen LogP contribution in [0.3, 0.4) is 0 Å². The summed E-state index contributed by atoms with van der Waals surface area (Å²) in [5, 5.41) is 18.1. The Morgan fingerprint density at radius 2 is 1.62 bits per heavy atom. The number of aromatic nitrogens is 1. The van der Waals surface area contributed by atoms with E-state index >= 15 is 0 Å². The molecule has 1 aliphatic rings. The molecule has 0 radical (unpaired) electrons. The fraction of sp³-hybridized carbons (Fsp3) is 0.558. The van der Waals surface area contributed by atoms with Gasteiger partial charge in [0.25, 0.3) is 5.91 Å². The molecular formula is C43H61N5O6S. The Labute approximate surface area is 331 Å². The van der Waals surface area contributed by atoms with Crippen LogP contribution in [-0.2, 0) is 32.1 Å². The molecule has 7 atom stereocenters. The van der Waals surface area contributed by atoms with Gasteiger partial charge in [-0.15, -0.1) is 11.3 Å². The van der Waals surface area contributed by atoms with Gasteiger partial charge in [-0.05, 0) is 62.2 Å². The highest BCUT2D eigenvalue weighted by Gasteiger charge is 2.37. The number of rotatable bonds is 20. The second kappa shape index (κ2) is 21.2. The van der Waals surface area contributed by atoms with Crippen LogP contribution in [0, 0.1) is 17.8 Å². The summed E-state index contributed by atoms with van der Waals surface area (Å²) in [4.78, 5) is 62.0. The average molecular weight is 776 g/mol. The van der Waals surface area contributed by atoms with Crippen molar-refractivity contribution in [3.05, 3.63) is 87.9 Å². The normalized spacial score (nSPS) is 18.1. The maximum atomic E-state index is 14.4. The molecule has 300 valence electrons. The lowest BCUT2D eigenvalue weighted by molar-refractivity contribution is -0.141. The number of nitrogens with one attached hydrogen (secondary N) is 2. The third kappa shape index (κ3) is 12.7. The minimum atomic E-state index is -0.917. The standard InChI is InChI=1S/C43H61N5O6S/c1-8-29(4)38(46-40(50)35-21-15-16-22-47(35)6)42(51)48(7)36(28(2)3)25-37(54-26-32-19-13-10-14-20-32)41-45-34(27-55-41)39(49)44-33(23-30(5)43(52)53)24-31-17-11-9-12-18-31/h9-14,17-20,27-30,33,35-38H,8,15-16,21-26H2,1-7H3,(H,44,49)(H,46,50)(H,52,53)/t29-,30?,33?,35?,36+,37+,38-/m0/s1. The molecule has 11 nitrogen and oxygen atoms in total. The van der Waals surface area contributed by atoms with Crippen molar-refractivity contribution in [3.8, 4) is 0 Å². The van der Waals surface area contributed by atoms with E-state index in [1.54, 1.807) is 24.3 Å². The van der Waals surface area contributed by atoms with E-state index in [1.165, 1.54) is 11.3 Å². The van der Waals surface area contributed by atoms with Crippen molar-refractivity contribution >= 4 is 35.0 Å². The van der Waals surface area contributed by atoms with E-state index < -0.39 is 30.1 Å². The molecule has 1 fully saturated rings. The van der Waals surface area contributed by atoms with Gasteiger partial charge in [0.1, 0.15) is 22.8 Å². The van der Waals surface area contributed by atoms with Crippen LogP contribution in [0.2, 0.25) is 0 Å². The Hall–Kier alpha value is -4.13. The van der Waals surface area contributed by atoms with E-state index in [2.05, 4.69) is 29.4 Å². The number of likely N-dealkylation sites (N-methyl/N-ethyl adjacent to an activating group) is 2. The number of benzene rings is 2. The van der Waals surface area contributed by atoms with Crippen molar-refractivity contribution < 1.29 is 29.0 Å². The molecule has 3 unspecified atom stereocenters. The zero-order chi connectivity index (χ0) is 40.1. The number of ether oxygens (including phenoxy) is 1. The summed E-state index contributed by atoms with van der Waals surface area (Å²) in [6.07, 6.45) is 4.17. The molecule has 0 saturated carbocycles. The highest BCUT2D eigenvalue weighted by molar-refractivity contribution is 7.09. The van der Waals surface area contributed by atoms with Crippen LogP contribution in [0.15, 0.2) is 66.0 Å². The molecule has 0 bridgehead atoms. The fourth-order valence-corrected chi connectivity index (χ4v) is 8.11. The quantitative estimate of drug-likeness (QED) is 0.115. The van der Waals surface area contributed by atoms with E-state index in [1.807, 2.05) is 81.6 Å². The molecule has 0 spiro atoms. The van der Waals surface area contributed by atoms with E-state index in [0.717, 1.165) is 43.4 Å². The van der Waals surface area contributed by atoms with Crippen LogP contribution in [0.5, 0.6) is 0 Å². The number of carbonyl (C=O) groups is 4. The molecule has 1 saturated heterocycles. The van der Waals surface area contributed by atoms with Gasteiger partial charge >= 0.3 is 5.97 Å². The molecule has 3 aromatic rings. The van der Waals surface area contributed by atoms with Gasteiger partial charge in [-0.2, -0.15) is 0 Å². The Kier molecular flexibility index (Phi) is 16.8. The molecule has 3 N–H and O–H groups in total. The smallest absolute Gasteiger partial charge is 0.306 e. The maximum Gasteiger partial charge on any atom is 0.306 e. The van der Waals surface area contributed by atoms with Gasteiger partial charge < -0.3 is 25.4 Å². The molecule has 1 aliphatic heterocycles. The lowest BCUT2D eigenvalue weighted by Crippen LogP contribution is -2.58. The number of amides is 3. The molecule has 0 aliphatic carbocycles. The van der Waals surface area contributed by atoms with Crippen molar-refractivity contribution in [2.75, 3.05) is 20.6 Å². The second-order valence-electron chi connectivity index (χ2n) is 15.6. The molecule has 2 aromatic carbocycles. The lowest BCUT2D eigenvalue weighted by atomic mass is 9.92. The first-order valence-corrected chi connectivity index (χ1v) is 20.6. The number of carbonyl (C=O) groups excluding carboxylic acids is 3. The van der Waals surface area contributed by atoms with Crippen molar-refractivity contribution in [3.63, 3.8) is 0 Å². The van der Waals surface area contributed by atoms with Crippen molar-refractivity contribution in [1.29, 1.82) is 0 Å². The van der Waals surface area contributed by atoms with Gasteiger partial charge in [0.05, 0.1) is 18.6 Å². The summed E-state index contributed by atoms with van der Waals surface area (Å²) in [5.41, 5.74) is 2.21. The van der Waals surface area contributed by atoms with Gasteiger partial charge in [0.15, 0.2) is 0 Å². The molecule has 4 rings (SSSR count). The maximum absolute atomic E-state index is 14.4. The number of aliphatic carboxylic acids is 1. The number of carboxylic acids is 1. The summed E-state index contributed by atoms with van der Waals surface area (Å²) < 4.78 is 6.58. The van der Waals surface area contributed by atoms with Crippen LogP contribution in [0.4, 0.5) is 0 Å². The highest BCUT2D eigenvalue weighted by Crippen LogP contribution is 2.32. The average Bonchev–Trinajstić information content (AvgIpc) is 3.67. The van der Waals surface area contributed by atoms with E-state index in [0.29, 0.717) is 24.5 Å².